The van der Waals surface area contributed by atoms with Crippen LogP contribution in [0.25, 0.3) is 0 Å². The Labute approximate surface area is 565 Å². The van der Waals surface area contributed by atoms with Gasteiger partial charge in [0.25, 0.3) is 0 Å². The zero-order valence-corrected chi connectivity index (χ0v) is 58.4. The van der Waals surface area contributed by atoms with Crippen LogP contribution in [0.4, 0.5) is 5.13 Å². The summed E-state index contributed by atoms with van der Waals surface area (Å²) in [4.78, 5) is 48.9. The molecule has 8 atom stereocenters. The Balaban J connectivity index is 0.000000151. The van der Waals surface area contributed by atoms with Crippen molar-refractivity contribution in [3.63, 3.8) is 0 Å². The largest absolute Gasteiger partial charge is 0.535 e. The Morgan fingerprint density at radius 3 is 1.57 bits per heavy atom. The third-order valence-electron chi connectivity index (χ3n) is 21.4. The fourth-order valence-corrected chi connectivity index (χ4v) is 17.0. The van der Waals surface area contributed by atoms with Crippen molar-refractivity contribution in [1.82, 2.24) is 30.6 Å². The summed E-state index contributed by atoms with van der Waals surface area (Å²) in [5.74, 6) is 1.23. The van der Waals surface area contributed by atoms with Crippen molar-refractivity contribution in [3.8, 4) is 5.75 Å². The number of hydrogen-bond acceptors (Lipinski definition) is 22. The van der Waals surface area contributed by atoms with E-state index in [1.54, 1.807) is 33.9 Å². The van der Waals surface area contributed by atoms with Crippen LogP contribution in [-0.4, -0.2) is 123 Å². The number of anilines is 1. The fraction of sp³-hybridized carbons (Fsp3) is 0.588. The minimum atomic E-state index is -1.03. The molecule has 6 saturated carbocycles. The van der Waals surface area contributed by atoms with Crippen LogP contribution < -0.4 is 10.4 Å². The number of esters is 2. The van der Waals surface area contributed by atoms with Gasteiger partial charge >= 0.3 is 39.3 Å². The highest BCUT2D eigenvalue weighted by atomic mass is 32.1. The van der Waals surface area contributed by atoms with Gasteiger partial charge in [0.1, 0.15) is 37.9 Å². The van der Waals surface area contributed by atoms with Crippen molar-refractivity contribution in [2.75, 3.05) is 18.9 Å². The van der Waals surface area contributed by atoms with Gasteiger partial charge in [0.05, 0.1) is 47.8 Å². The lowest BCUT2D eigenvalue weighted by Crippen LogP contribution is -2.65. The van der Waals surface area contributed by atoms with E-state index in [9.17, 15) is 29.3 Å². The molecule has 9 aliphatic rings. The van der Waals surface area contributed by atoms with E-state index in [4.69, 9.17) is 38.5 Å². The van der Waals surface area contributed by atoms with Crippen molar-refractivity contribution in [2.45, 2.75) is 208 Å². The van der Waals surface area contributed by atoms with Gasteiger partial charge < -0.3 is 48.6 Å². The quantitative estimate of drug-likeness (QED) is 0.0246. The summed E-state index contributed by atoms with van der Waals surface area (Å²) in [7, 11) is -1.35. The number of unbranched alkanes of at least 4 members (excludes halogenated alkanes) is 2. The summed E-state index contributed by atoms with van der Waals surface area (Å²) in [5.41, 5.74) is 18.6. The topological polar surface area (TPSA) is 277 Å². The fourth-order valence-electron chi connectivity index (χ4n) is 15.6. The van der Waals surface area contributed by atoms with Crippen molar-refractivity contribution in [2.24, 2.45) is 34.5 Å². The van der Waals surface area contributed by atoms with Gasteiger partial charge in [-0.15, -0.1) is 53.3 Å². The number of benzene rings is 3. The second kappa shape index (κ2) is 30.6. The molecule has 0 amide bonds. The lowest BCUT2D eigenvalue weighted by Gasteiger charge is -2.64. The molecule has 502 valence electrons. The van der Waals surface area contributed by atoms with E-state index >= 15 is 0 Å². The molecule has 6 unspecified atom stereocenters. The van der Waals surface area contributed by atoms with Gasteiger partial charge in [0, 0.05) is 18.4 Å². The molecular weight excluding hydrogens is 1250 g/mol. The van der Waals surface area contributed by atoms with Gasteiger partial charge in [-0.2, -0.15) is 0 Å². The van der Waals surface area contributed by atoms with Crippen molar-refractivity contribution >= 4 is 84.7 Å². The number of aromatic carboxylic acids is 1. The Morgan fingerprint density at radius 2 is 1.12 bits per heavy atom. The van der Waals surface area contributed by atoms with Crippen molar-refractivity contribution in [1.29, 1.82) is 0 Å². The Kier molecular flexibility index (Phi) is 23.1. The van der Waals surface area contributed by atoms with Crippen LogP contribution in [0.3, 0.4) is 0 Å². The molecule has 6 heterocycles. The van der Waals surface area contributed by atoms with Crippen LogP contribution >= 0.6 is 34.0 Å². The molecule has 26 heteroatoms. The minimum absolute atomic E-state index is 0.149. The molecule has 0 spiro atoms. The number of aryl methyl sites for hydroxylation is 7. The van der Waals surface area contributed by atoms with Gasteiger partial charge in [0.15, 0.2) is 6.29 Å². The SMILES string of the molecule is CCCCOC(=O)c1c(C=O)ccc(CCB2OC3CC4CC(C4(C)C)[C@]3(C)O2)c1C.CCCCOC(=O)c1c(CCc2nncs2)ccc(CCB2OC3CC4CC(C4(C)C)[C@]3(C)O2)c1C.Nc1nncs1.O=C(O)c1c(CCc2nncs2)ccc2c1OB(O)CC2. The molecule has 20 nitrogen and oxygen atoms in total. The molecule has 4 N–H and O–H groups in total. The number of nitrogen functional groups attached to an aromatic ring is 1. The lowest BCUT2D eigenvalue weighted by atomic mass is 9.43. The number of fused-ring (bicyclic) bond motifs is 1. The summed E-state index contributed by atoms with van der Waals surface area (Å²) >= 11 is 4.33. The number of rotatable bonds is 22. The van der Waals surface area contributed by atoms with Crippen LogP contribution in [0.15, 0.2) is 52.9 Å². The first kappa shape index (κ1) is 70.8. The third-order valence-corrected chi connectivity index (χ3v) is 23.5. The van der Waals surface area contributed by atoms with Gasteiger partial charge in [-0.1, -0.05) is 102 Å². The molecule has 3 aromatic heterocycles. The number of carboxylic acids is 1. The van der Waals surface area contributed by atoms with E-state index in [1.165, 1.54) is 35.5 Å². The molecule has 4 bridgehead atoms. The van der Waals surface area contributed by atoms with Crippen LogP contribution in [-0.2, 0) is 73.0 Å². The summed E-state index contributed by atoms with van der Waals surface area (Å²) in [6.07, 6.45) is 16.3. The van der Waals surface area contributed by atoms with E-state index in [0.29, 0.717) is 94.6 Å². The maximum Gasteiger partial charge on any atom is 0.522 e. The summed E-state index contributed by atoms with van der Waals surface area (Å²) in [5, 5.41) is 44.2. The molecule has 15 rings (SSSR count). The standard InChI is InChI=1S/C28H39BN2O4S.C25H35BO5.C13H13BN2O4S.C2H3N3S/c1-6-7-14-33-26(32)25-18(2)19(8-9-20(25)10-11-24-31-30-17-36-24)12-13-29-34-23-16-21-15-22(27(21,3)4)28(23,5)35-29;1-6-7-12-29-23(28)22-16(2)17(8-9-18(22)15-27)10-11-26-30-21-14-19-13-20(24(19,3)4)25(21,5)31-26;17-13(18)11-8(3-4-10-16-15-7-21-10)1-2-9-5-6-14(19)20-12(9)11;3-2-5-4-1-6-2/h8-9,17,21-23H,6-7,10-16H2,1-5H3;8-9,15,19-21H,6-7,10-14H2,1-5H3;1-2,7,19H,3-6H2,(H,17,18);1H,(H2,3,5)/t21?,22?,23?,28-;19?,20?,21?,25-;;/m00../s1. The summed E-state index contributed by atoms with van der Waals surface area (Å²) < 4.78 is 42.3. The summed E-state index contributed by atoms with van der Waals surface area (Å²) in [6.45, 7) is 22.9. The number of ether oxygens (including phenoxy) is 2. The number of carbonyl (C=O) groups is 4. The van der Waals surface area contributed by atoms with Crippen LogP contribution in [0, 0.1) is 48.3 Å². The molecule has 2 saturated heterocycles. The maximum atomic E-state index is 13.2. The number of aldehydes is 1. The Morgan fingerprint density at radius 1 is 0.638 bits per heavy atom. The average Bonchev–Trinajstić information content (AvgIpc) is 1.35. The predicted octanol–water partition coefficient (Wildman–Crippen LogP) is 12.5. The smallest absolute Gasteiger partial charge is 0.522 e. The molecule has 3 aromatic carbocycles. The summed E-state index contributed by atoms with van der Waals surface area (Å²) in [6, 6.07) is 11.6. The van der Waals surface area contributed by atoms with Crippen LogP contribution in [0.5, 0.6) is 5.75 Å². The molecule has 3 aliphatic heterocycles. The lowest BCUT2D eigenvalue weighted by molar-refractivity contribution is -0.199. The first-order chi connectivity index (χ1) is 45.0. The van der Waals surface area contributed by atoms with E-state index < -0.39 is 19.1 Å². The highest BCUT2D eigenvalue weighted by Gasteiger charge is 2.69. The normalized spacial score (nSPS) is 24.4. The third kappa shape index (κ3) is 15.4. The van der Waals surface area contributed by atoms with Crippen molar-refractivity contribution < 1.29 is 62.1 Å². The highest BCUT2D eigenvalue weighted by molar-refractivity contribution is 7.13. The second-order valence-corrected chi connectivity index (χ2v) is 30.3. The van der Waals surface area contributed by atoms with Crippen molar-refractivity contribution in [3.05, 3.63) is 124 Å². The highest BCUT2D eigenvalue weighted by Crippen LogP contribution is 2.67. The van der Waals surface area contributed by atoms with E-state index in [0.717, 1.165) is 138 Å². The average molecular weight is 1340 g/mol. The number of carboxylic acid groups (broad SMARTS) is 1. The zero-order chi connectivity index (χ0) is 67.1. The van der Waals surface area contributed by atoms with Crippen LogP contribution in [0.2, 0.25) is 19.0 Å². The maximum absolute atomic E-state index is 13.2. The van der Waals surface area contributed by atoms with Gasteiger partial charge in [-0.25, -0.2) is 14.4 Å². The number of aromatic nitrogens is 6. The predicted molar refractivity (Wildman–Crippen MR) is 365 cm³/mol. The van der Waals surface area contributed by atoms with Gasteiger partial charge in [-0.3, -0.25) is 4.79 Å². The van der Waals surface area contributed by atoms with Gasteiger partial charge in [-0.05, 0) is 191 Å². The van der Waals surface area contributed by atoms with Gasteiger partial charge in [0.2, 0.25) is 5.13 Å². The van der Waals surface area contributed by atoms with E-state index in [1.807, 2.05) is 32.0 Å². The van der Waals surface area contributed by atoms with E-state index in [-0.39, 0.29) is 49.2 Å². The molecule has 8 fully saturated rings. The zero-order valence-electron chi connectivity index (χ0n) is 56.0. The van der Waals surface area contributed by atoms with E-state index in [2.05, 4.69) is 98.1 Å². The first-order valence-electron chi connectivity index (χ1n) is 33.4. The number of carbonyl (C=O) groups excluding carboxylic acids is 3. The molecule has 6 aliphatic carbocycles. The monoisotopic (exact) mass is 1340 g/mol. The first-order valence-corrected chi connectivity index (χ1v) is 36.1. The number of nitrogens with two attached hydrogens (primary N) is 1. The Bertz CT molecular complexity index is 3590. The molecular formula is C68H90B3N7O13S3. The Hall–Kier alpha value is -5.99. The molecule has 94 heavy (non-hydrogen) atoms. The number of nitrogens with zero attached hydrogens (tertiary/aromatic N) is 6. The minimum Gasteiger partial charge on any atom is -0.535 e. The molecule has 6 aromatic rings. The second-order valence-electron chi connectivity index (χ2n) is 27.6. The number of hydrogen-bond donors (Lipinski definition) is 3. The van der Waals surface area contributed by atoms with Crippen LogP contribution in [0.1, 0.15) is 197 Å². The molecule has 0 radical (unpaired) electrons.